The van der Waals surface area contributed by atoms with Crippen molar-refractivity contribution in [1.29, 1.82) is 0 Å². The summed E-state index contributed by atoms with van der Waals surface area (Å²) in [5, 5.41) is 16.5. The van der Waals surface area contributed by atoms with Crippen molar-refractivity contribution in [3.05, 3.63) is 35.6 Å². The summed E-state index contributed by atoms with van der Waals surface area (Å²) in [5.74, 6) is -0.676. The van der Waals surface area contributed by atoms with E-state index in [0.29, 0.717) is 18.2 Å². The fourth-order valence-corrected chi connectivity index (χ4v) is 3.30. The van der Waals surface area contributed by atoms with Crippen LogP contribution in [0.15, 0.2) is 24.3 Å². The Labute approximate surface area is 135 Å². The van der Waals surface area contributed by atoms with E-state index in [2.05, 4.69) is 10.6 Å². The number of rotatable bonds is 5. The van der Waals surface area contributed by atoms with Gasteiger partial charge in [-0.05, 0) is 37.1 Å². The molecule has 0 spiro atoms. The molecule has 1 aromatic rings. The van der Waals surface area contributed by atoms with Gasteiger partial charge in [0, 0.05) is 18.2 Å². The summed E-state index contributed by atoms with van der Waals surface area (Å²) in [5.41, 5.74) is 0.388. The van der Waals surface area contributed by atoms with Crippen molar-refractivity contribution in [2.24, 2.45) is 0 Å². The van der Waals surface area contributed by atoms with E-state index in [1.807, 2.05) is 0 Å². The number of hydrogen-bond donors (Lipinski definition) is 3. The second-order valence-corrected chi connectivity index (χ2v) is 6.33. The minimum absolute atomic E-state index is 0.0779. The Morgan fingerprint density at radius 3 is 2.65 bits per heavy atom. The van der Waals surface area contributed by atoms with Crippen LogP contribution in [0.3, 0.4) is 0 Å². The molecule has 0 radical (unpaired) electrons. The van der Waals surface area contributed by atoms with E-state index < -0.39 is 12.2 Å². The first kappa shape index (κ1) is 16.4. The normalized spacial score (nSPS) is 28.2. The first-order valence-corrected chi connectivity index (χ1v) is 8.23. The molecular weight excluding hydrogens is 299 g/mol. The Balaban J connectivity index is 1.46. The first-order chi connectivity index (χ1) is 11.1. The third-order valence-corrected chi connectivity index (χ3v) is 4.66. The Hall–Kier alpha value is -1.50. The first-order valence-electron chi connectivity index (χ1n) is 8.23. The number of nitrogens with one attached hydrogen (secondary N) is 2. The van der Waals surface area contributed by atoms with Crippen LogP contribution in [-0.4, -0.2) is 48.5 Å². The van der Waals surface area contributed by atoms with Gasteiger partial charge in [-0.2, -0.15) is 0 Å². The zero-order chi connectivity index (χ0) is 16.2. The van der Waals surface area contributed by atoms with Gasteiger partial charge in [0.25, 0.3) is 5.91 Å². The number of hydrogen-bond acceptors (Lipinski definition) is 4. The van der Waals surface area contributed by atoms with Gasteiger partial charge in [-0.15, -0.1) is 0 Å². The van der Waals surface area contributed by atoms with E-state index in [-0.39, 0.29) is 24.3 Å². The monoisotopic (exact) mass is 322 g/mol. The van der Waals surface area contributed by atoms with Crippen molar-refractivity contribution in [2.45, 2.75) is 50.0 Å². The summed E-state index contributed by atoms with van der Waals surface area (Å²) in [4.78, 5) is 12.0. The van der Waals surface area contributed by atoms with Crippen LogP contribution in [0.1, 0.15) is 36.0 Å². The van der Waals surface area contributed by atoms with Crippen LogP contribution in [0.5, 0.6) is 0 Å². The Morgan fingerprint density at radius 1 is 1.26 bits per heavy atom. The average Bonchev–Trinajstić information content (AvgIpc) is 3.18. The van der Waals surface area contributed by atoms with Gasteiger partial charge < -0.3 is 20.5 Å². The number of benzene rings is 1. The number of ether oxygens (including phenoxy) is 1. The van der Waals surface area contributed by atoms with E-state index in [4.69, 9.17) is 4.74 Å². The quantitative estimate of drug-likeness (QED) is 0.762. The highest BCUT2D eigenvalue weighted by Gasteiger charge is 2.37. The topological polar surface area (TPSA) is 70.6 Å². The number of carbonyl (C=O) groups is 1. The average molecular weight is 322 g/mol. The molecule has 3 atom stereocenters. The second-order valence-electron chi connectivity index (χ2n) is 6.33. The number of aliphatic hydroxyl groups excluding tert-OH is 1. The molecule has 1 heterocycles. The van der Waals surface area contributed by atoms with Crippen molar-refractivity contribution in [3.8, 4) is 0 Å². The van der Waals surface area contributed by atoms with Crippen LogP contribution >= 0.6 is 0 Å². The number of halogens is 1. The molecule has 1 aliphatic heterocycles. The molecule has 2 fully saturated rings. The van der Waals surface area contributed by atoms with Gasteiger partial charge in [0.15, 0.2) is 0 Å². The van der Waals surface area contributed by atoms with E-state index >= 15 is 0 Å². The minimum atomic E-state index is -0.635. The van der Waals surface area contributed by atoms with Gasteiger partial charge >= 0.3 is 0 Å². The molecule has 23 heavy (non-hydrogen) atoms. The summed E-state index contributed by atoms with van der Waals surface area (Å²) in [6.45, 7) is 0.689. The van der Waals surface area contributed by atoms with Crippen molar-refractivity contribution < 1.29 is 19.0 Å². The van der Waals surface area contributed by atoms with E-state index in [9.17, 15) is 14.3 Å². The largest absolute Gasteiger partial charge is 0.389 e. The van der Waals surface area contributed by atoms with E-state index in [0.717, 1.165) is 12.8 Å². The SMILES string of the molecule is O=C(NC[C@H]1OC[C@@H](NC2CCCC2)[C@@H]1O)c1ccc(F)cc1. The molecule has 6 heteroatoms. The van der Waals surface area contributed by atoms with Gasteiger partial charge in [-0.1, -0.05) is 12.8 Å². The van der Waals surface area contributed by atoms with E-state index in [1.165, 1.54) is 37.1 Å². The van der Waals surface area contributed by atoms with Gasteiger partial charge in [0.05, 0.1) is 18.8 Å². The third-order valence-electron chi connectivity index (χ3n) is 4.66. The molecule has 2 aliphatic rings. The summed E-state index contributed by atoms with van der Waals surface area (Å²) >= 11 is 0. The number of carbonyl (C=O) groups excluding carboxylic acids is 1. The molecule has 1 amide bonds. The molecule has 5 nitrogen and oxygen atoms in total. The highest BCUT2D eigenvalue weighted by molar-refractivity contribution is 5.94. The lowest BCUT2D eigenvalue weighted by Crippen LogP contribution is -2.47. The van der Waals surface area contributed by atoms with Gasteiger partial charge in [-0.25, -0.2) is 4.39 Å². The van der Waals surface area contributed by atoms with E-state index in [1.54, 1.807) is 0 Å². The molecule has 1 aromatic carbocycles. The summed E-state index contributed by atoms with van der Waals surface area (Å²) < 4.78 is 18.5. The summed E-state index contributed by atoms with van der Waals surface area (Å²) in [6.07, 6.45) is 3.71. The molecule has 1 saturated heterocycles. The highest BCUT2D eigenvalue weighted by Crippen LogP contribution is 2.21. The Kier molecular flexibility index (Phi) is 5.25. The van der Waals surface area contributed by atoms with Gasteiger partial charge in [0.2, 0.25) is 0 Å². The molecule has 3 rings (SSSR count). The zero-order valence-electron chi connectivity index (χ0n) is 13.0. The maximum Gasteiger partial charge on any atom is 0.251 e. The smallest absolute Gasteiger partial charge is 0.251 e. The standard InChI is InChI=1S/C17H23FN2O3/c18-12-7-5-11(6-8-12)17(22)19-9-15-16(21)14(10-23-15)20-13-3-1-2-4-13/h5-8,13-16,20-21H,1-4,9-10H2,(H,19,22)/t14-,15-,16+/m1/s1. The van der Waals surface area contributed by atoms with Crippen LogP contribution in [0.25, 0.3) is 0 Å². The van der Waals surface area contributed by atoms with Crippen LogP contribution in [-0.2, 0) is 4.74 Å². The predicted octanol–water partition coefficient (Wildman–Crippen LogP) is 1.22. The lowest BCUT2D eigenvalue weighted by molar-refractivity contribution is 0.0396. The lowest BCUT2D eigenvalue weighted by Gasteiger charge is -2.22. The maximum absolute atomic E-state index is 12.9. The Morgan fingerprint density at radius 2 is 1.96 bits per heavy atom. The van der Waals surface area contributed by atoms with Crippen molar-refractivity contribution >= 4 is 5.91 Å². The highest BCUT2D eigenvalue weighted by atomic mass is 19.1. The molecular formula is C17H23FN2O3. The van der Waals surface area contributed by atoms with Gasteiger partial charge in [0.1, 0.15) is 11.9 Å². The molecule has 126 valence electrons. The van der Waals surface area contributed by atoms with Crippen molar-refractivity contribution in [2.75, 3.05) is 13.2 Å². The molecule has 0 aromatic heterocycles. The van der Waals surface area contributed by atoms with Crippen LogP contribution in [0.2, 0.25) is 0 Å². The second kappa shape index (κ2) is 7.38. The van der Waals surface area contributed by atoms with Crippen LogP contribution < -0.4 is 10.6 Å². The van der Waals surface area contributed by atoms with Crippen molar-refractivity contribution in [3.63, 3.8) is 0 Å². The fraction of sp³-hybridized carbons (Fsp3) is 0.588. The molecule has 0 bridgehead atoms. The number of aliphatic hydroxyl groups is 1. The maximum atomic E-state index is 12.9. The summed E-state index contributed by atoms with van der Waals surface area (Å²) in [7, 11) is 0. The summed E-state index contributed by atoms with van der Waals surface area (Å²) in [6, 6.07) is 5.74. The molecule has 0 unspecified atom stereocenters. The third kappa shape index (κ3) is 4.07. The fourth-order valence-electron chi connectivity index (χ4n) is 3.30. The molecule has 1 saturated carbocycles. The van der Waals surface area contributed by atoms with Gasteiger partial charge in [-0.3, -0.25) is 4.79 Å². The molecule has 1 aliphatic carbocycles. The van der Waals surface area contributed by atoms with Crippen LogP contribution in [0, 0.1) is 5.82 Å². The Bertz CT molecular complexity index is 531. The van der Waals surface area contributed by atoms with Crippen molar-refractivity contribution in [1.82, 2.24) is 10.6 Å². The molecule has 3 N–H and O–H groups in total. The zero-order valence-corrected chi connectivity index (χ0v) is 13.0. The lowest BCUT2D eigenvalue weighted by atomic mass is 10.1. The minimum Gasteiger partial charge on any atom is -0.389 e. The van der Waals surface area contributed by atoms with Crippen LogP contribution in [0.4, 0.5) is 4.39 Å². The predicted molar refractivity (Wildman–Crippen MR) is 83.7 cm³/mol. The number of amides is 1.